The summed E-state index contributed by atoms with van der Waals surface area (Å²) in [5, 5.41) is 8.94. The van der Waals surface area contributed by atoms with Crippen molar-refractivity contribution in [1.82, 2.24) is 4.90 Å². The molecule has 2 nitrogen and oxygen atoms in total. The van der Waals surface area contributed by atoms with Gasteiger partial charge in [0, 0.05) is 13.1 Å². The molecule has 0 aromatic heterocycles. The Morgan fingerprint density at radius 3 is 2.69 bits per heavy atom. The van der Waals surface area contributed by atoms with E-state index < -0.39 is 0 Å². The second-order valence-electron chi connectivity index (χ2n) is 4.63. The van der Waals surface area contributed by atoms with Gasteiger partial charge in [0.2, 0.25) is 0 Å². The first-order valence-corrected chi connectivity index (χ1v) is 6.23. The fraction of sp³-hybridized carbons (Fsp3) is 0.571. The zero-order chi connectivity index (χ0) is 11.4. The molecule has 1 saturated carbocycles. The summed E-state index contributed by atoms with van der Waals surface area (Å²) in [5.41, 5.74) is 1.48. The average Bonchev–Trinajstić information content (AvgIpc) is 3.09. The van der Waals surface area contributed by atoms with Crippen LogP contribution in [0.1, 0.15) is 24.8 Å². The highest BCUT2D eigenvalue weighted by molar-refractivity contribution is 5.25. The first-order chi connectivity index (χ1) is 7.85. The minimum atomic E-state index is 0.274. The average molecular weight is 219 g/mol. The first-order valence-electron chi connectivity index (χ1n) is 6.23. The highest BCUT2D eigenvalue weighted by Crippen LogP contribution is 2.47. The standard InChI is InChI=1S/C14H21NO/c1-2-15(8-9-16)11-13-10-14(13)12-6-4-3-5-7-12/h3-7,13-14,16H,2,8-11H2,1H3. The van der Waals surface area contributed by atoms with Gasteiger partial charge in [-0.2, -0.15) is 0 Å². The van der Waals surface area contributed by atoms with E-state index in [1.54, 1.807) is 0 Å². The van der Waals surface area contributed by atoms with Crippen molar-refractivity contribution in [2.45, 2.75) is 19.3 Å². The van der Waals surface area contributed by atoms with Gasteiger partial charge in [0.25, 0.3) is 0 Å². The van der Waals surface area contributed by atoms with Crippen LogP contribution >= 0.6 is 0 Å². The van der Waals surface area contributed by atoms with Gasteiger partial charge < -0.3 is 10.0 Å². The van der Waals surface area contributed by atoms with Crippen molar-refractivity contribution in [3.05, 3.63) is 35.9 Å². The van der Waals surface area contributed by atoms with E-state index in [2.05, 4.69) is 42.2 Å². The lowest BCUT2D eigenvalue weighted by Gasteiger charge is -2.18. The van der Waals surface area contributed by atoms with Crippen LogP contribution in [0.25, 0.3) is 0 Å². The van der Waals surface area contributed by atoms with Gasteiger partial charge in [0.15, 0.2) is 0 Å². The van der Waals surface area contributed by atoms with E-state index in [0.29, 0.717) is 0 Å². The third-order valence-corrected chi connectivity index (χ3v) is 3.51. The number of rotatable bonds is 6. The Hall–Kier alpha value is -0.860. The summed E-state index contributed by atoms with van der Waals surface area (Å²) >= 11 is 0. The Morgan fingerprint density at radius 1 is 1.31 bits per heavy atom. The smallest absolute Gasteiger partial charge is 0.0558 e. The lowest BCUT2D eigenvalue weighted by atomic mass is 10.1. The molecule has 1 aromatic carbocycles. The van der Waals surface area contributed by atoms with Gasteiger partial charge in [-0.15, -0.1) is 0 Å². The Bertz CT molecular complexity index is 312. The number of likely N-dealkylation sites (N-methyl/N-ethyl adjacent to an activating group) is 1. The molecule has 1 aliphatic rings. The van der Waals surface area contributed by atoms with E-state index >= 15 is 0 Å². The molecule has 1 aromatic rings. The summed E-state index contributed by atoms with van der Waals surface area (Å²) in [6.07, 6.45) is 1.31. The molecule has 88 valence electrons. The van der Waals surface area contributed by atoms with Crippen molar-refractivity contribution in [1.29, 1.82) is 0 Å². The van der Waals surface area contributed by atoms with E-state index in [9.17, 15) is 0 Å². The zero-order valence-corrected chi connectivity index (χ0v) is 9.97. The summed E-state index contributed by atoms with van der Waals surface area (Å²) < 4.78 is 0. The maximum Gasteiger partial charge on any atom is 0.0558 e. The highest BCUT2D eigenvalue weighted by Gasteiger charge is 2.38. The van der Waals surface area contributed by atoms with Crippen LogP contribution in [-0.2, 0) is 0 Å². The van der Waals surface area contributed by atoms with Crippen LogP contribution in [0, 0.1) is 5.92 Å². The van der Waals surface area contributed by atoms with Crippen LogP contribution in [0.4, 0.5) is 0 Å². The molecule has 2 unspecified atom stereocenters. The topological polar surface area (TPSA) is 23.5 Å². The van der Waals surface area contributed by atoms with Crippen molar-refractivity contribution >= 4 is 0 Å². The van der Waals surface area contributed by atoms with E-state index in [4.69, 9.17) is 5.11 Å². The summed E-state index contributed by atoms with van der Waals surface area (Å²) in [4.78, 5) is 2.34. The van der Waals surface area contributed by atoms with Crippen LogP contribution in [-0.4, -0.2) is 36.2 Å². The predicted octanol–water partition coefficient (Wildman–Crippen LogP) is 2.10. The summed E-state index contributed by atoms with van der Waals surface area (Å²) in [5.74, 6) is 1.56. The minimum Gasteiger partial charge on any atom is -0.395 e. The third-order valence-electron chi connectivity index (χ3n) is 3.51. The second kappa shape index (κ2) is 5.46. The van der Waals surface area contributed by atoms with Gasteiger partial charge in [0.1, 0.15) is 0 Å². The molecule has 0 aliphatic heterocycles. The molecule has 0 amide bonds. The first kappa shape index (κ1) is 11.6. The molecule has 16 heavy (non-hydrogen) atoms. The molecule has 0 spiro atoms. The number of hydrogen-bond acceptors (Lipinski definition) is 2. The van der Waals surface area contributed by atoms with Crippen molar-refractivity contribution < 1.29 is 5.11 Å². The molecule has 0 radical (unpaired) electrons. The van der Waals surface area contributed by atoms with Gasteiger partial charge in [-0.1, -0.05) is 37.3 Å². The fourth-order valence-electron chi connectivity index (χ4n) is 2.41. The number of nitrogens with zero attached hydrogens (tertiary/aromatic N) is 1. The Balaban J connectivity index is 1.83. The monoisotopic (exact) mass is 219 g/mol. The van der Waals surface area contributed by atoms with Crippen LogP contribution in [0.15, 0.2) is 30.3 Å². The second-order valence-corrected chi connectivity index (χ2v) is 4.63. The number of aliphatic hydroxyl groups is 1. The van der Waals surface area contributed by atoms with Gasteiger partial charge in [0.05, 0.1) is 6.61 Å². The molecule has 0 saturated heterocycles. The van der Waals surface area contributed by atoms with E-state index in [1.807, 2.05) is 0 Å². The van der Waals surface area contributed by atoms with E-state index in [1.165, 1.54) is 12.0 Å². The molecular formula is C14H21NO. The minimum absolute atomic E-state index is 0.274. The lowest BCUT2D eigenvalue weighted by Crippen LogP contribution is -2.29. The Kier molecular flexibility index (Phi) is 3.97. The largest absolute Gasteiger partial charge is 0.395 e. The highest BCUT2D eigenvalue weighted by atomic mass is 16.3. The van der Waals surface area contributed by atoms with Gasteiger partial charge in [-0.05, 0) is 30.4 Å². The Morgan fingerprint density at radius 2 is 2.06 bits per heavy atom. The SMILES string of the molecule is CCN(CCO)CC1CC1c1ccccc1. The lowest BCUT2D eigenvalue weighted by molar-refractivity contribution is 0.196. The van der Waals surface area contributed by atoms with Crippen LogP contribution < -0.4 is 0 Å². The van der Waals surface area contributed by atoms with Crippen LogP contribution in [0.5, 0.6) is 0 Å². The van der Waals surface area contributed by atoms with Gasteiger partial charge in [-0.3, -0.25) is 0 Å². The van der Waals surface area contributed by atoms with Crippen molar-refractivity contribution in [3.8, 4) is 0 Å². The number of aliphatic hydroxyl groups excluding tert-OH is 1. The van der Waals surface area contributed by atoms with Crippen molar-refractivity contribution in [2.75, 3.05) is 26.2 Å². The molecule has 2 heteroatoms. The maximum atomic E-state index is 8.94. The summed E-state index contributed by atoms with van der Waals surface area (Å²) in [6.45, 7) is 5.43. The molecular weight excluding hydrogens is 198 g/mol. The maximum absolute atomic E-state index is 8.94. The van der Waals surface area contributed by atoms with Crippen LogP contribution in [0.3, 0.4) is 0 Å². The van der Waals surface area contributed by atoms with E-state index in [-0.39, 0.29) is 6.61 Å². The quantitative estimate of drug-likeness (QED) is 0.792. The van der Waals surface area contributed by atoms with Crippen LogP contribution in [0.2, 0.25) is 0 Å². The molecule has 0 heterocycles. The van der Waals surface area contributed by atoms with Gasteiger partial charge in [-0.25, -0.2) is 0 Å². The molecule has 2 rings (SSSR count). The fourth-order valence-corrected chi connectivity index (χ4v) is 2.41. The molecule has 1 aliphatic carbocycles. The molecule has 1 fully saturated rings. The predicted molar refractivity (Wildman–Crippen MR) is 66.5 cm³/mol. The van der Waals surface area contributed by atoms with Crippen molar-refractivity contribution in [3.63, 3.8) is 0 Å². The molecule has 1 N–H and O–H groups in total. The van der Waals surface area contributed by atoms with Crippen molar-refractivity contribution in [2.24, 2.45) is 5.92 Å². The zero-order valence-electron chi connectivity index (χ0n) is 9.97. The Labute approximate surface area is 97.9 Å². The number of benzene rings is 1. The molecule has 0 bridgehead atoms. The number of hydrogen-bond donors (Lipinski definition) is 1. The normalized spacial score (nSPS) is 23.7. The summed E-state index contributed by atoms with van der Waals surface area (Å²) in [7, 11) is 0. The van der Waals surface area contributed by atoms with Gasteiger partial charge >= 0.3 is 0 Å². The van der Waals surface area contributed by atoms with E-state index in [0.717, 1.165) is 31.5 Å². The third kappa shape index (κ3) is 2.83. The summed E-state index contributed by atoms with van der Waals surface area (Å²) in [6, 6.07) is 10.8. The molecule has 2 atom stereocenters.